The van der Waals surface area contributed by atoms with Gasteiger partial charge in [-0.05, 0) is 72.7 Å². The minimum Gasteiger partial charge on any atom is -0.547 e. The van der Waals surface area contributed by atoms with Crippen LogP contribution >= 0.6 is 0 Å². The Morgan fingerprint density at radius 3 is 1.24 bits per heavy atom. The molecule has 6 heterocycles. The Bertz CT molecular complexity index is 2270. The van der Waals surface area contributed by atoms with Crippen molar-refractivity contribution in [2.75, 3.05) is 157 Å². The second kappa shape index (κ2) is 50.6. The van der Waals surface area contributed by atoms with Gasteiger partial charge in [0, 0.05) is 126 Å². The molecule has 0 aromatic heterocycles. The Labute approximate surface area is 655 Å². The molecule has 0 aromatic rings. The van der Waals surface area contributed by atoms with Crippen molar-refractivity contribution in [2.45, 2.75) is 199 Å². The zero-order valence-corrected chi connectivity index (χ0v) is 67.7. The minimum atomic E-state index is -1.55. The third-order valence-electron chi connectivity index (χ3n) is 19.8. The Balaban J connectivity index is 0.000000817. The van der Waals surface area contributed by atoms with Gasteiger partial charge in [-0.15, -0.1) is 0 Å². The fourth-order valence-corrected chi connectivity index (χ4v) is 14.8. The summed E-state index contributed by atoms with van der Waals surface area (Å²) in [6.07, 6.45) is -10.9. The van der Waals surface area contributed by atoms with Gasteiger partial charge < -0.3 is 156 Å². The summed E-state index contributed by atoms with van der Waals surface area (Å²) in [5.41, 5.74) is 0. The van der Waals surface area contributed by atoms with Crippen molar-refractivity contribution in [2.24, 2.45) is 29.6 Å². The molecule has 566 valence electrons. The quantitative estimate of drug-likeness (QED) is 0.0208. The van der Waals surface area contributed by atoms with Gasteiger partial charge in [-0.3, -0.25) is 0 Å². The molecule has 0 saturated carbocycles. The van der Waals surface area contributed by atoms with E-state index >= 15 is 0 Å². The Kier molecular flexibility index (Phi) is 48.6. The SMILES string of the molecule is CCC1C(C(=O)[O-])OC(CCOCCC2C(COC)OC(C)C(NC)C2O)C(OC)C1O.CNC1C(COCC2C(C(=O)[O-])OC(CCOCCC3C(COC)OC(COC)C(NC)C3OC)C(OC)C2O)OC(COC)C(CCOCCC2OC(C(=O)[O-])=CC(O)C2OC)C1O.[Na+].[Na+].[Na+]. The first-order valence-electron chi connectivity index (χ1n) is 33.7. The zero-order valence-electron chi connectivity index (χ0n) is 61.7. The van der Waals surface area contributed by atoms with Crippen LogP contribution in [0.4, 0.5) is 0 Å². The fourth-order valence-electron chi connectivity index (χ4n) is 14.8. The molecule has 0 amide bonds. The molecule has 6 aliphatic rings. The van der Waals surface area contributed by atoms with E-state index in [1.807, 2.05) is 14.0 Å². The van der Waals surface area contributed by atoms with Crippen LogP contribution in [0.15, 0.2) is 11.8 Å². The first-order chi connectivity index (χ1) is 46.6. The molecule has 6 rings (SSSR count). The van der Waals surface area contributed by atoms with Gasteiger partial charge in [0.1, 0.15) is 54.5 Å². The van der Waals surface area contributed by atoms with Crippen molar-refractivity contribution in [1.82, 2.24) is 16.0 Å². The molecule has 0 aliphatic carbocycles. The summed E-state index contributed by atoms with van der Waals surface area (Å²) in [5, 5.41) is 99.5. The van der Waals surface area contributed by atoms with Crippen LogP contribution in [0.5, 0.6) is 0 Å². The molecule has 0 aromatic carbocycles. The van der Waals surface area contributed by atoms with Crippen LogP contribution in [-0.4, -0.2) is 341 Å². The maximum Gasteiger partial charge on any atom is 1.00 e. The van der Waals surface area contributed by atoms with Crippen molar-refractivity contribution in [3.05, 3.63) is 11.8 Å². The molecule has 28 unspecified atom stereocenters. The van der Waals surface area contributed by atoms with Gasteiger partial charge in [-0.1, -0.05) is 6.92 Å². The fraction of sp³-hybridized carbons (Fsp3) is 0.923. The average molecular weight is 1470 g/mol. The third-order valence-corrected chi connectivity index (χ3v) is 19.8. The van der Waals surface area contributed by atoms with Crippen LogP contribution in [0.1, 0.15) is 58.8 Å². The number of hydrogen-bond acceptors (Lipinski definition) is 32. The molecule has 8 N–H and O–H groups in total. The maximum atomic E-state index is 12.4. The number of hydrogen-bond donors (Lipinski definition) is 8. The Morgan fingerprint density at radius 1 is 0.420 bits per heavy atom. The number of carboxylic acid groups (broad SMARTS) is 3. The third kappa shape index (κ3) is 26.6. The molecule has 6 aliphatic heterocycles. The van der Waals surface area contributed by atoms with E-state index in [9.17, 15) is 55.2 Å². The normalized spacial score (nSPS) is 37.4. The number of carbonyl (C=O) groups excluding carboxylic acids is 3. The number of aliphatic hydroxyl groups excluding tert-OH is 5. The summed E-state index contributed by atoms with van der Waals surface area (Å²) in [5.74, 6) is -7.18. The minimum absolute atomic E-state index is 0. The van der Waals surface area contributed by atoms with Gasteiger partial charge in [0.2, 0.25) is 0 Å². The first kappa shape index (κ1) is 96.0. The molecule has 32 nitrogen and oxygen atoms in total. The number of likely N-dealkylation sites (N-methyl/N-ethyl adjacent to an activating group) is 3. The second-order valence-corrected chi connectivity index (χ2v) is 25.5. The van der Waals surface area contributed by atoms with Crippen molar-refractivity contribution in [3.8, 4) is 0 Å². The zero-order chi connectivity index (χ0) is 71.5. The van der Waals surface area contributed by atoms with Crippen LogP contribution in [0.2, 0.25) is 0 Å². The molecule has 0 spiro atoms. The molecule has 5 saturated heterocycles. The van der Waals surface area contributed by atoms with E-state index in [1.54, 1.807) is 49.5 Å². The molecule has 0 bridgehead atoms. The van der Waals surface area contributed by atoms with Crippen molar-refractivity contribution in [3.63, 3.8) is 0 Å². The van der Waals surface area contributed by atoms with Gasteiger partial charge in [0.05, 0.1) is 156 Å². The summed E-state index contributed by atoms with van der Waals surface area (Å²) in [6, 6.07) is -0.919. The van der Waals surface area contributed by atoms with Crippen LogP contribution in [0, 0.1) is 29.6 Å². The van der Waals surface area contributed by atoms with Gasteiger partial charge >= 0.3 is 88.7 Å². The number of methoxy groups -OCH3 is 8. The van der Waals surface area contributed by atoms with E-state index in [-0.39, 0.29) is 202 Å². The first-order valence-corrected chi connectivity index (χ1v) is 33.7. The van der Waals surface area contributed by atoms with Crippen molar-refractivity contribution >= 4 is 17.9 Å². The summed E-state index contributed by atoms with van der Waals surface area (Å²) < 4.78 is 103. The topological polar surface area (TPSA) is 424 Å². The number of rotatable bonds is 41. The van der Waals surface area contributed by atoms with Crippen LogP contribution in [-0.2, 0) is 99.6 Å². The average Bonchev–Trinajstić information content (AvgIpc) is 0.818. The van der Waals surface area contributed by atoms with Gasteiger partial charge in [-0.25, -0.2) is 0 Å². The van der Waals surface area contributed by atoms with Crippen LogP contribution < -0.4 is 120 Å². The second-order valence-electron chi connectivity index (χ2n) is 25.5. The van der Waals surface area contributed by atoms with Crippen molar-refractivity contribution < 1.29 is 229 Å². The number of aliphatic carboxylic acids is 3. The van der Waals surface area contributed by atoms with Crippen molar-refractivity contribution in [1.29, 1.82) is 0 Å². The summed E-state index contributed by atoms with van der Waals surface area (Å²) in [6.45, 7) is 6.19. The predicted octanol–water partition coefficient (Wildman–Crippen LogP) is -14.5. The number of carboxylic acids is 3. The molecule has 5 fully saturated rings. The van der Waals surface area contributed by atoms with Crippen LogP contribution in [0.3, 0.4) is 0 Å². The largest absolute Gasteiger partial charge is 1.00 e. The maximum absolute atomic E-state index is 12.4. The standard InChI is InChI=1S/C43H76N2O20.C22H41NO9.3Na/c1-44-34-33(63-30(19-53-3)23(36(34)47)9-13-59-15-11-27-40(57-7)26(46)17-29(62-27)42(49)50)22-61-18-25-37(48)41(58-8)28(65-39(25)43(51)52)12-16-60-14-10-24-31(20-54-4)64-32(21-55-5)35(45-2)38(24)56-6;1-6-13-19(25)21(29-5)15(32-20(13)22(26)27)8-10-30-9-7-14-16(11-28-4)31-12(2)17(23-3)18(14)24;;;/h17,23-28,30-41,44-48H,9-16,18-22H2,1-8H3,(H,49,50)(H,51,52);12-21,23-25H,6-11H2,1-5H3,(H,26,27);;;/q;;3*+1/p-3. The van der Waals surface area contributed by atoms with Gasteiger partial charge in [0.25, 0.3) is 0 Å². The van der Waals surface area contributed by atoms with E-state index in [0.717, 1.165) is 6.08 Å². The van der Waals surface area contributed by atoms with E-state index in [1.165, 1.54) is 28.4 Å². The molecule has 100 heavy (non-hydrogen) atoms. The molecular formula is C65H114N3Na3O29. The Hall–Kier alpha value is -0.0500. The number of ether oxygens (including phenoxy) is 18. The molecule has 28 atom stereocenters. The van der Waals surface area contributed by atoms with E-state index in [4.69, 9.17) is 85.3 Å². The number of nitrogens with one attached hydrogen (secondary N) is 3. The Morgan fingerprint density at radius 2 is 0.810 bits per heavy atom. The van der Waals surface area contributed by atoms with E-state index in [2.05, 4.69) is 16.0 Å². The van der Waals surface area contributed by atoms with Crippen LogP contribution in [0.25, 0.3) is 0 Å². The van der Waals surface area contributed by atoms with Gasteiger partial charge in [-0.2, -0.15) is 0 Å². The van der Waals surface area contributed by atoms with Gasteiger partial charge in [0.15, 0.2) is 0 Å². The summed E-state index contributed by atoms with van der Waals surface area (Å²) >= 11 is 0. The molecule has 0 radical (unpaired) electrons. The van der Waals surface area contributed by atoms with E-state index in [0.29, 0.717) is 65.1 Å². The monoisotopic (exact) mass is 1470 g/mol. The smallest absolute Gasteiger partial charge is 0.547 e. The summed E-state index contributed by atoms with van der Waals surface area (Å²) in [7, 11) is 17.6. The number of aliphatic hydroxyl groups is 5. The number of carbonyl (C=O) groups is 3. The molecular weight excluding hydrogens is 1360 g/mol. The summed E-state index contributed by atoms with van der Waals surface area (Å²) in [4.78, 5) is 35.3. The molecule has 35 heteroatoms. The van der Waals surface area contributed by atoms with E-state index < -0.39 is 139 Å². The predicted molar refractivity (Wildman–Crippen MR) is 335 cm³/mol.